The van der Waals surface area contributed by atoms with Crippen LogP contribution in [-0.4, -0.2) is 37.0 Å². The standard InChI is InChI=1S/C38H38F3NO5/c1-25(19-21-42-22-20-37(2,3)32-24-28(11-18-33(32)42)35(43)27-7-5-4-6-8-27)46-30-14-9-26(10-15-30)23-34(36(44)45)47-31-16-12-29(13-17-31)38(39,40)41/h4-18,24-25,34H,19-23H2,1-3H3,(H,44,45)/p-1. The average molecular weight is 645 g/mol. The van der Waals surface area contributed by atoms with Gasteiger partial charge in [-0.15, -0.1) is 0 Å². The van der Waals surface area contributed by atoms with E-state index >= 15 is 0 Å². The van der Waals surface area contributed by atoms with Crippen LogP contribution in [0.4, 0.5) is 18.9 Å². The summed E-state index contributed by atoms with van der Waals surface area (Å²) in [6, 6.07) is 26.1. The maximum absolute atomic E-state index is 13.1. The van der Waals surface area contributed by atoms with Crippen LogP contribution in [0.3, 0.4) is 0 Å². The van der Waals surface area contributed by atoms with Crippen LogP contribution >= 0.6 is 0 Å². The summed E-state index contributed by atoms with van der Waals surface area (Å²) >= 11 is 0. The van der Waals surface area contributed by atoms with Gasteiger partial charge in [-0.05, 0) is 84.5 Å². The Balaban J connectivity index is 1.17. The molecular formula is C38H37F3NO5-. The number of carbonyl (C=O) groups is 2. The van der Waals surface area contributed by atoms with Crippen LogP contribution in [0.5, 0.6) is 11.5 Å². The molecule has 0 aliphatic carbocycles. The Morgan fingerprint density at radius 1 is 0.872 bits per heavy atom. The molecule has 0 amide bonds. The fourth-order valence-electron chi connectivity index (χ4n) is 5.76. The number of benzene rings is 4. The summed E-state index contributed by atoms with van der Waals surface area (Å²) in [7, 11) is 0. The summed E-state index contributed by atoms with van der Waals surface area (Å²) < 4.78 is 50.1. The zero-order valence-corrected chi connectivity index (χ0v) is 26.6. The molecule has 4 aromatic carbocycles. The second-order valence-electron chi connectivity index (χ2n) is 12.6. The Bertz CT molecular complexity index is 1690. The van der Waals surface area contributed by atoms with E-state index in [4.69, 9.17) is 9.47 Å². The number of nitrogens with zero attached hydrogens (tertiary/aromatic N) is 1. The Labute approximate surface area is 272 Å². The number of hydrogen-bond donors (Lipinski definition) is 0. The Kier molecular flexibility index (Phi) is 9.94. The zero-order valence-electron chi connectivity index (χ0n) is 26.6. The molecule has 0 fully saturated rings. The van der Waals surface area contributed by atoms with Crippen molar-refractivity contribution in [1.82, 2.24) is 0 Å². The number of carboxylic acid groups (broad SMARTS) is 1. The molecule has 0 radical (unpaired) electrons. The van der Waals surface area contributed by atoms with Gasteiger partial charge in [0.05, 0.1) is 17.6 Å². The first-order valence-corrected chi connectivity index (χ1v) is 15.6. The third-order valence-electron chi connectivity index (χ3n) is 8.58. The molecule has 0 N–H and O–H groups in total. The van der Waals surface area contributed by atoms with E-state index in [2.05, 4.69) is 24.8 Å². The molecule has 9 heteroatoms. The van der Waals surface area contributed by atoms with Crippen molar-refractivity contribution in [3.05, 3.63) is 125 Å². The summed E-state index contributed by atoms with van der Waals surface area (Å²) in [4.78, 5) is 27.2. The number of ketones is 1. The van der Waals surface area contributed by atoms with Crippen LogP contribution < -0.4 is 19.5 Å². The molecule has 5 rings (SSSR count). The molecule has 0 spiro atoms. The van der Waals surface area contributed by atoms with Crippen molar-refractivity contribution in [3.8, 4) is 11.5 Å². The maximum atomic E-state index is 13.1. The third-order valence-corrected chi connectivity index (χ3v) is 8.58. The highest BCUT2D eigenvalue weighted by Crippen LogP contribution is 2.40. The van der Waals surface area contributed by atoms with Gasteiger partial charge in [-0.1, -0.05) is 56.3 Å². The second kappa shape index (κ2) is 13.9. The van der Waals surface area contributed by atoms with E-state index in [1.165, 1.54) is 0 Å². The number of ether oxygens (including phenoxy) is 2. The van der Waals surface area contributed by atoms with Gasteiger partial charge in [0.25, 0.3) is 0 Å². The summed E-state index contributed by atoms with van der Waals surface area (Å²) in [6.45, 7) is 8.08. The first-order chi connectivity index (χ1) is 22.3. The smallest absolute Gasteiger partial charge is 0.416 e. The van der Waals surface area contributed by atoms with E-state index < -0.39 is 23.8 Å². The van der Waals surface area contributed by atoms with Crippen LogP contribution in [0.15, 0.2) is 97.1 Å². The van der Waals surface area contributed by atoms with E-state index in [1.807, 2.05) is 49.4 Å². The molecule has 246 valence electrons. The minimum absolute atomic E-state index is 0.00184. The lowest BCUT2D eigenvalue weighted by Crippen LogP contribution is -2.41. The number of carboxylic acids is 1. The molecule has 0 aromatic heterocycles. The summed E-state index contributed by atoms with van der Waals surface area (Å²) in [5.41, 5.74) is 3.36. The van der Waals surface area contributed by atoms with Crippen molar-refractivity contribution in [2.45, 2.75) is 63.8 Å². The Morgan fingerprint density at radius 3 is 2.15 bits per heavy atom. The van der Waals surface area contributed by atoms with Crippen LogP contribution in [0.2, 0.25) is 0 Å². The SMILES string of the molecule is CC(CCN1CCC(C)(C)c2cc(C(=O)c3ccccc3)ccc21)Oc1ccc(CC(Oc2ccc(C(F)(F)F)cc2)C(=O)[O-])cc1. The fourth-order valence-corrected chi connectivity index (χ4v) is 5.76. The summed E-state index contributed by atoms with van der Waals surface area (Å²) in [5.74, 6) is -0.835. The lowest BCUT2D eigenvalue weighted by molar-refractivity contribution is -0.313. The predicted octanol–water partition coefficient (Wildman–Crippen LogP) is 7.02. The number of rotatable bonds is 12. The zero-order chi connectivity index (χ0) is 33.8. The fraction of sp³-hybridized carbons (Fsp3) is 0.316. The molecule has 1 aliphatic rings. The number of fused-ring (bicyclic) bond motifs is 1. The van der Waals surface area contributed by atoms with E-state index in [-0.39, 0.29) is 29.5 Å². The highest BCUT2D eigenvalue weighted by molar-refractivity contribution is 6.09. The lowest BCUT2D eigenvalue weighted by atomic mass is 9.76. The van der Waals surface area contributed by atoms with E-state index in [0.717, 1.165) is 61.4 Å². The van der Waals surface area contributed by atoms with Crippen molar-refractivity contribution < 1.29 is 37.3 Å². The molecule has 1 heterocycles. The third kappa shape index (κ3) is 8.33. The highest BCUT2D eigenvalue weighted by Gasteiger charge is 2.32. The average Bonchev–Trinajstić information content (AvgIpc) is 3.04. The molecule has 2 atom stereocenters. The number of carbonyl (C=O) groups excluding carboxylic acids is 2. The topological polar surface area (TPSA) is 78.9 Å². The molecule has 0 bridgehead atoms. The molecule has 1 aliphatic heterocycles. The second-order valence-corrected chi connectivity index (χ2v) is 12.6. The quantitative estimate of drug-likeness (QED) is 0.154. The molecular weight excluding hydrogens is 607 g/mol. The van der Waals surface area contributed by atoms with E-state index in [1.54, 1.807) is 24.3 Å². The first-order valence-electron chi connectivity index (χ1n) is 15.6. The Morgan fingerprint density at radius 2 is 1.51 bits per heavy atom. The minimum Gasteiger partial charge on any atom is -0.546 e. The minimum atomic E-state index is -4.50. The summed E-state index contributed by atoms with van der Waals surface area (Å²) in [6.07, 6.45) is -4.34. The number of halogens is 3. The monoisotopic (exact) mass is 644 g/mol. The predicted molar refractivity (Wildman–Crippen MR) is 172 cm³/mol. The van der Waals surface area contributed by atoms with Crippen LogP contribution in [0.25, 0.3) is 0 Å². The normalized spacial score (nSPS) is 15.3. The number of anilines is 1. The van der Waals surface area contributed by atoms with Crippen molar-refractivity contribution in [2.24, 2.45) is 0 Å². The van der Waals surface area contributed by atoms with E-state index in [9.17, 15) is 27.9 Å². The van der Waals surface area contributed by atoms with Gasteiger partial charge in [0.15, 0.2) is 5.78 Å². The van der Waals surface area contributed by atoms with Gasteiger partial charge in [-0.3, -0.25) is 4.79 Å². The van der Waals surface area contributed by atoms with Crippen molar-refractivity contribution in [2.75, 3.05) is 18.0 Å². The van der Waals surface area contributed by atoms with E-state index in [0.29, 0.717) is 22.4 Å². The van der Waals surface area contributed by atoms with Gasteiger partial charge < -0.3 is 24.3 Å². The largest absolute Gasteiger partial charge is 0.546 e. The van der Waals surface area contributed by atoms with Crippen molar-refractivity contribution in [3.63, 3.8) is 0 Å². The molecule has 2 unspecified atom stereocenters. The maximum Gasteiger partial charge on any atom is 0.416 e. The Hall–Kier alpha value is -4.79. The number of alkyl halides is 3. The number of aliphatic carboxylic acids is 1. The van der Waals surface area contributed by atoms with Gasteiger partial charge in [0.2, 0.25) is 0 Å². The molecule has 6 nitrogen and oxygen atoms in total. The van der Waals surface area contributed by atoms with Gasteiger partial charge in [-0.25, -0.2) is 0 Å². The summed E-state index contributed by atoms with van der Waals surface area (Å²) in [5, 5.41) is 11.7. The first kappa shape index (κ1) is 33.6. The molecule has 4 aromatic rings. The van der Waals surface area contributed by atoms with Crippen LogP contribution in [0, 0.1) is 0 Å². The van der Waals surface area contributed by atoms with Crippen molar-refractivity contribution >= 4 is 17.4 Å². The van der Waals surface area contributed by atoms with Gasteiger partial charge >= 0.3 is 6.18 Å². The van der Waals surface area contributed by atoms with Crippen molar-refractivity contribution in [1.29, 1.82) is 0 Å². The van der Waals surface area contributed by atoms with Crippen LogP contribution in [0.1, 0.15) is 66.2 Å². The molecule has 0 saturated carbocycles. The lowest BCUT2D eigenvalue weighted by Gasteiger charge is -2.41. The highest BCUT2D eigenvalue weighted by atomic mass is 19.4. The van der Waals surface area contributed by atoms with Gasteiger partial charge in [0.1, 0.15) is 17.6 Å². The van der Waals surface area contributed by atoms with Crippen LogP contribution in [-0.2, 0) is 22.8 Å². The van der Waals surface area contributed by atoms with Gasteiger partial charge in [-0.2, -0.15) is 13.2 Å². The van der Waals surface area contributed by atoms with Gasteiger partial charge in [0, 0.05) is 42.7 Å². The molecule has 0 saturated heterocycles. The molecule has 47 heavy (non-hydrogen) atoms. The number of hydrogen-bond acceptors (Lipinski definition) is 6.